The van der Waals surface area contributed by atoms with Crippen molar-refractivity contribution < 1.29 is 9.90 Å². The first kappa shape index (κ1) is 21.5. The largest absolute Gasteiger partial charge is 0.392 e. The van der Waals surface area contributed by atoms with E-state index in [9.17, 15) is 14.7 Å². The molecule has 0 saturated carbocycles. The van der Waals surface area contributed by atoms with Crippen LogP contribution in [0.1, 0.15) is 19.4 Å². The third kappa shape index (κ3) is 5.46. The Morgan fingerprint density at radius 1 is 1.24 bits per heavy atom. The van der Waals surface area contributed by atoms with E-state index in [-0.39, 0.29) is 18.0 Å². The van der Waals surface area contributed by atoms with Crippen LogP contribution in [-0.4, -0.2) is 31.9 Å². The molecule has 2 aromatic carbocycles. The SMILES string of the molecule is C[C@@H](O)Cn1c(S[C@H](C)C(=O)NCc2ccccc2)nc2ccc(Br)cc2c1=O. The van der Waals surface area contributed by atoms with Crippen molar-refractivity contribution in [2.75, 3.05) is 0 Å². The van der Waals surface area contributed by atoms with Gasteiger partial charge in [0.2, 0.25) is 5.91 Å². The molecular formula is C21H22BrN3O3S. The van der Waals surface area contributed by atoms with Gasteiger partial charge in [0.05, 0.1) is 28.8 Å². The van der Waals surface area contributed by atoms with Gasteiger partial charge in [-0.1, -0.05) is 58.0 Å². The highest BCUT2D eigenvalue weighted by Crippen LogP contribution is 2.24. The molecule has 1 aromatic heterocycles. The van der Waals surface area contributed by atoms with Crippen molar-refractivity contribution in [1.82, 2.24) is 14.9 Å². The number of nitrogens with one attached hydrogen (secondary N) is 1. The van der Waals surface area contributed by atoms with Crippen molar-refractivity contribution in [2.45, 2.75) is 43.4 Å². The van der Waals surface area contributed by atoms with E-state index in [0.29, 0.717) is 22.6 Å². The van der Waals surface area contributed by atoms with Crippen LogP contribution in [0.5, 0.6) is 0 Å². The Labute approximate surface area is 181 Å². The number of halogens is 1. The summed E-state index contributed by atoms with van der Waals surface area (Å²) in [5.41, 5.74) is 1.33. The molecule has 0 fully saturated rings. The van der Waals surface area contributed by atoms with Gasteiger partial charge in [-0.15, -0.1) is 0 Å². The van der Waals surface area contributed by atoms with Crippen LogP contribution >= 0.6 is 27.7 Å². The Hall–Kier alpha value is -2.16. The third-order valence-corrected chi connectivity index (χ3v) is 5.87. The number of hydrogen-bond donors (Lipinski definition) is 2. The van der Waals surface area contributed by atoms with Gasteiger partial charge < -0.3 is 10.4 Å². The van der Waals surface area contributed by atoms with E-state index in [0.717, 1.165) is 10.0 Å². The lowest BCUT2D eigenvalue weighted by atomic mass is 10.2. The van der Waals surface area contributed by atoms with Crippen molar-refractivity contribution >= 4 is 44.5 Å². The smallest absolute Gasteiger partial charge is 0.262 e. The molecule has 0 spiro atoms. The van der Waals surface area contributed by atoms with Crippen LogP contribution in [-0.2, 0) is 17.9 Å². The number of nitrogens with zero attached hydrogens (tertiary/aromatic N) is 2. The highest BCUT2D eigenvalue weighted by atomic mass is 79.9. The zero-order valence-corrected chi connectivity index (χ0v) is 18.5. The van der Waals surface area contributed by atoms with Gasteiger partial charge in [-0.25, -0.2) is 4.98 Å². The van der Waals surface area contributed by atoms with E-state index in [1.165, 1.54) is 16.3 Å². The molecule has 2 atom stereocenters. The summed E-state index contributed by atoms with van der Waals surface area (Å²) >= 11 is 4.58. The number of aromatic nitrogens is 2. The van der Waals surface area contributed by atoms with Crippen molar-refractivity contribution in [3.05, 3.63) is 68.9 Å². The van der Waals surface area contributed by atoms with Crippen LogP contribution in [0.3, 0.4) is 0 Å². The average Bonchev–Trinajstić information content (AvgIpc) is 2.70. The van der Waals surface area contributed by atoms with Crippen molar-refractivity contribution in [3.63, 3.8) is 0 Å². The molecule has 6 nitrogen and oxygen atoms in total. The zero-order valence-electron chi connectivity index (χ0n) is 16.1. The van der Waals surface area contributed by atoms with Crippen LogP contribution in [0.25, 0.3) is 10.9 Å². The summed E-state index contributed by atoms with van der Waals surface area (Å²) in [6.45, 7) is 3.93. The molecule has 3 rings (SSSR count). The topological polar surface area (TPSA) is 84.2 Å². The zero-order chi connectivity index (χ0) is 21.0. The minimum absolute atomic E-state index is 0.106. The number of carbonyl (C=O) groups excluding carboxylic acids is 1. The molecule has 0 aliphatic carbocycles. The molecule has 0 saturated heterocycles. The molecule has 3 aromatic rings. The second kappa shape index (κ2) is 9.56. The Kier molecular flexibility index (Phi) is 7.10. The van der Waals surface area contributed by atoms with E-state index in [2.05, 4.69) is 26.2 Å². The molecule has 29 heavy (non-hydrogen) atoms. The summed E-state index contributed by atoms with van der Waals surface area (Å²) in [7, 11) is 0. The summed E-state index contributed by atoms with van der Waals surface area (Å²) in [6.07, 6.45) is -0.722. The minimum atomic E-state index is -0.722. The van der Waals surface area contributed by atoms with Crippen LogP contribution in [0.4, 0.5) is 0 Å². The van der Waals surface area contributed by atoms with Gasteiger partial charge >= 0.3 is 0 Å². The van der Waals surface area contributed by atoms with Crippen LogP contribution in [0, 0.1) is 0 Å². The summed E-state index contributed by atoms with van der Waals surface area (Å²) in [6, 6.07) is 15.0. The maximum absolute atomic E-state index is 13.0. The number of carbonyl (C=O) groups is 1. The van der Waals surface area contributed by atoms with Gasteiger partial charge in [0.1, 0.15) is 0 Å². The third-order valence-electron chi connectivity index (χ3n) is 4.29. The van der Waals surface area contributed by atoms with Crippen LogP contribution in [0.15, 0.2) is 63.0 Å². The van der Waals surface area contributed by atoms with Crippen molar-refractivity contribution in [1.29, 1.82) is 0 Å². The number of rotatable bonds is 7. The number of aliphatic hydroxyl groups is 1. The molecule has 2 N–H and O–H groups in total. The second-order valence-corrected chi connectivity index (χ2v) is 9.01. The second-order valence-electron chi connectivity index (χ2n) is 6.78. The Bertz CT molecular complexity index is 1070. The fourth-order valence-corrected chi connectivity index (χ4v) is 4.13. The lowest BCUT2D eigenvalue weighted by Crippen LogP contribution is -2.32. The van der Waals surface area contributed by atoms with Crippen LogP contribution < -0.4 is 10.9 Å². The lowest BCUT2D eigenvalue weighted by Gasteiger charge is -2.17. The molecule has 1 amide bonds. The molecule has 0 radical (unpaired) electrons. The first-order valence-electron chi connectivity index (χ1n) is 9.21. The van der Waals surface area contributed by atoms with E-state index in [1.54, 1.807) is 26.0 Å². The number of amides is 1. The minimum Gasteiger partial charge on any atom is -0.392 e. The van der Waals surface area contributed by atoms with E-state index < -0.39 is 11.4 Å². The number of aliphatic hydroxyl groups excluding tert-OH is 1. The highest BCUT2D eigenvalue weighted by Gasteiger charge is 2.20. The number of fused-ring (bicyclic) bond motifs is 1. The van der Waals surface area contributed by atoms with Gasteiger partial charge in [-0.05, 0) is 37.6 Å². The molecule has 0 aliphatic rings. The van der Waals surface area contributed by atoms with E-state index in [4.69, 9.17) is 0 Å². The first-order chi connectivity index (χ1) is 13.8. The van der Waals surface area contributed by atoms with Crippen molar-refractivity contribution in [3.8, 4) is 0 Å². The van der Waals surface area contributed by atoms with E-state index in [1.807, 2.05) is 36.4 Å². The summed E-state index contributed by atoms with van der Waals surface area (Å²) in [5.74, 6) is -0.146. The maximum Gasteiger partial charge on any atom is 0.262 e. The molecular weight excluding hydrogens is 454 g/mol. The predicted molar refractivity (Wildman–Crippen MR) is 119 cm³/mol. The number of thioether (sulfide) groups is 1. The highest BCUT2D eigenvalue weighted by molar-refractivity contribution is 9.10. The predicted octanol–water partition coefficient (Wildman–Crippen LogP) is 3.34. The number of benzene rings is 2. The summed E-state index contributed by atoms with van der Waals surface area (Å²) in [4.78, 5) is 30.1. The molecule has 0 unspecified atom stereocenters. The Morgan fingerprint density at radius 2 is 1.97 bits per heavy atom. The maximum atomic E-state index is 13.0. The molecule has 152 valence electrons. The van der Waals surface area contributed by atoms with Gasteiger partial charge in [0, 0.05) is 11.0 Å². The number of hydrogen-bond acceptors (Lipinski definition) is 5. The van der Waals surface area contributed by atoms with Crippen molar-refractivity contribution in [2.24, 2.45) is 0 Å². The lowest BCUT2D eigenvalue weighted by molar-refractivity contribution is -0.120. The normalized spacial score (nSPS) is 13.2. The van der Waals surface area contributed by atoms with Gasteiger partial charge in [0.15, 0.2) is 5.16 Å². The quantitative estimate of drug-likeness (QED) is 0.404. The first-order valence-corrected chi connectivity index (χ1v) is 10.9. The molecule has 8 heteroatoms. The fourth-order valence-electron chi connectivity index (χ4n) is 2.83. The summed E-state index contributed by atoms with van der Waals surface area (Å²) < 4.78 is 2.21. The van der Waals surface area contributed by atoms with Gasteiger partial charge in [0.25, 0.3) is 5.56 Å². The van der Waals surface area contributed by atoms with Gasteiger partial charge in [-0.2, -0.15) is 0 Å². The molecule has 0 aliphatic heterocycles. The van der Waals surface area contributed by atoms with Crippen LogP contribution in [0.2, 0.25) is 0 Å². The Balaban J connectivity index is 1.84. The molecule has 1 heterocycles. The fraction of sp³-hybridized carbons (Fsp3) is 0.286. The van der Waals surface area contributed by atoms with Gasteiger partial charge in [-0.3, -0.25) is 14.2 Å². The Morgan fingerprint density at radius 3 is 2.66 bits per heavy atom. The standard InChI is InChI=1S/C21H22BrN3O3S/c1-13(26)12-25-20(28)17-10-16(22)8-9-18(17)24-21(25)29-14(2)19(27)23-11-15-6-4-3-5-7-15/h3-10,13-14,26H,11-12H2,1-2H3,(H,23,27)/t13-,14-/m1/s1. The average molecular weight is 476 g/mol. The monoisotopic (exact) mass is 475 g/mol. The summed E-state index contributed by atoms with van der Waals surface area (Å²) in [5, 5.41) is 13.2. The molecule has 0 bridgehead atoms. The van der Waals surface area contributed by atoms with E-state index >= 15 is 0 Å².